The Kier molecular flexibility index (Phi) is 7.00. The largest absolute Gasteiger partial charge is 0.374 e. The lowest BCUT2D eigenvalue weighted by Gasteiger charge is -2.38. The molecule has 2 heterocycles. The van der Waals surface area contributed by atoms with Gasteiger partial charge in [-0.3, -0.25) is 14.5 Å². The van der Waals surface area contributed by atoms with Crippen molar-refractivity contribution in [3.63, 3.8) is 0 Å². The van der Waals surface area contributed by atoms with E-state index >= 15 is 0 Å². The minimum absolute atomic E-state index is 0.0350. The average Bonchev–Trinajstić information content (AvgIpc) is 3.17. The molecule has 2 amide bonds. The Labute approximate surface area is 196 Å². The predicted molar refractivity (Wildman–Crippen MR) is 133 cm³/mol. The molecule has 4 rings (SSSR count). The minimum Gasteiger partial charge on any atom is -0.374 e. The summed E-state index contributed by atoms with van der Waals surface area (Å²) in [7, 11) is 4.26. The number of amides is 2. The number of carbonyl (C=O) groups is 2. The molecule has 2 aromatic rings. The number of carbonyl (C=O) groups excluding carboxylic acids is 2. The molecule has 2 N–H and O–H groups in total. The van der Waals surface area contributed by atoms with Crippen LogP contribution in [0.2, 0.25) is 0 Å². The lowest BCUT2D eigenvalue weighted by molar-refractivity contribution is -0.136. The number of likely N-dealkylation sites (N-methyl/N-ethyl adjacent to an activating group) is 2. The van der Waals surface area contributed by atoms with Gasteiger partial charge < -0.3 is 20.4 Å². The molecule has 176 valence electrons. The Morgan fingerprint density at radius 1 is 0.939 bits per heavy atom. The first kappa shape index (κ1) is 23.3. The van der Waals surface area contributed by atoms with E-state index in [1.165, 1.54) is 16.8 Å². The van der Waals surface area contributed by atoms with Gasteiger partial charge in [0.2, 0.25) is 0 Å². The second-order valence-corrected chi connectivity index (χ2v) is 9.40. The molecule has 0 aliphatic carbocycles. The highest BCUT2D eigenvalue weighted by atomic mass is 16.2. The Morgan fingerprint density at radius 3 is 2.42 bits per heavy atom. The fourth-order valence-corrected chi connectivity index (χ4v) is 4.79. The molecule has 1 saturated heterocycles. The Balaban J connectivity index is 1.46. The Morgan fingerprint density at radius 2 is 1.70 bits per heavy atom. The van der Waals surface area contributed by atoms with Gasteiger partial charge >= 0.3 is 11.8 Å². The van der Waals surface area contributed by atoms with Crippen LogP contribution in [0.1, 0.15) is 28.3 Å². The summed E-state index contributed by atoms with van der Waals surface area (Å²) in [4.78, 5) is 32.2. The molecular formula is C26H35N5O2. The lowest BCUT2D eigenvalue weighted by atomic mass is 10.00. The van der Waals surface area contributed by atoms with Crippen LogP contribution < -0.4 is 15.5 Å². The maximum Gasteiger partial charge on any atom is 0.313 e. The van der Waals surface area contributed by atoms with E-state index in [4.69, 9.17) is 0 Å². The standard InChI is InChI=1S/C26H35N5O2/c1-18-5-7-22(19(2)15-18)28-26(33)25(32)27-17-24(31-13-11-29(3)12-14-31)20-6-8-23-21(16-20)9-10-30(23)4/h5-8,15-16,24H,9-14,17H2,1-4H3,(H,27,32)(H,28,33). The summed E-state index contributed by atoms with van der Waals surface area (Å²) >= 11 is 0. The fraction of sp³-hybridized carbons (Fsp3) is 0.462. The topological polar surface area (TPSA) is 67.9 Å². The van der Waals surface area contributed by atoms with Gasteiger partial charge in [-0.25, -0.2) is 0 Å². The molecule has 0 spiro atoms. The van der Waals surface area contributed by atoms with Crippen LogP contribution in [-0.2, 0) is 16.0 Å². The summed E-state index contributed by atoms with van der Waals surface area (Å²) < 4.78 is 0. The number of hydrogen-bond donors (Lipinski definition) is 2. The predicted octanol–water partition coefficient (Wildman–Crippen LogP) is 2.34. The van der Waals surface area contributed by atoms with Crippen molar-refractivity contribution in [3.05, 3.63) is 58.7 Å². The average molecular weight is 450 g/mol. The van der Waals surface area contributed by atoms with Crippen LogP contribution in [0.15, 0.2) is 36.4 Å². The third-order valence-corrected chi connectivity index (χ3v) is 6.89. The molecular weight excluding hydrogens is 414 g/mol. The van der Waals surface area contributed by atoms with Gasteiger partial charge in [0.15, 0.2) is 0 Å². The molecule has 0 bridgehead atoms. The van der Waals surface area contributed by atoms with Gasteiger partial charge in [-0.1, -0.05) is 29.8 Å². The van der Waals surface area contributed by atoms with E-state index in [9.17, 15) is 9.59 Å². The zero-order valence-corrected chi connectivity index (χ0v) is 20.1. The number of fused-ring (bicyclic) bond motifs is 1. The van der Waals surface area contributed by atoms with Gasteiger partial charge in [0.25, 0.3) is 0 Å². The zero-order chi connectivity index (χ0) is 23.5. The van der Waals surface area contributed by atoms with Crippen molar-refractivity contribution in [2.45, 2.75) is 26.3 Å². The van der Waals surface area contributed by atoms with Crippen LogP contribution in [0.3, 0.4) is 0 Å². The number of rotatable bonds is 5. The molecule has 7 heteroatoms. The van der Waals surface area contributed by atoms with Crippen LogP contribution in [0.5, 0.6) is 0 Å². The first-order chi connectivity index (χ1) is 15.8. The third kappa shape index (κ3) is 5.37. The van der Waals surface area contributed by atoms with Crippen molar-refractivity contribution < 1.29 is 9.59 Å². The number of hydrogen-bond acceptors (Lipinski definition) is 5. The molecule has 0 radical (unpaired) electrons. The molecule has 2 aliphatic rings. The van der Waals surface area contributed by atoms with Crippen LogP contribution >= 0.6 is 0 Å². The highest BCUT2D eigenvalue weighted by molar-refractivity contribution is 6.39. The van der Waals surface area contributed by atoms with Gasteiger partial charge in [0, 0.05) is 57.7 Å². The summed E-state index contributed by atoms with van der Waals surface area (Å²) in [6.07, 6.45) is 1.04. The molecule has 0 saturated carbocycles. The molecule has 33 heavy (non-hydrogen) atoms. The first-order valence-corrected chi connectivity index (χ1v) is 11.7. The Bertz CT molecular complexity index is 1030. The number of nitrogens with zero attached hydrogens (tertiary/aromatic N) is 3. The smallest absolute Gasteiger partial charge is 0.313 e. The van der Waals surface area contributed by atoms with Crippen LogP contribution in [-0.4, -0.2) is 75.0 Å². The Hall–Kier alpha value is -2.90. The van der Waals surface area contributed by atoms with Crippen molar-refractivity contribution in [1.29, 1.82) is 0 Å². The SMILES string of the molecule is Cc1ccc(NC(=O)C(=O)NCC(c2ccc3c(c2)CCN3C)N2CCN(C)CC2)c(C)c1. The van der Waals surface area contributed by atoms with Crippen LogP contribution in [0.4, 0.5) is 11.4 Å². The maximum atomic E-state index is 12.7. The molecule has 7 nitrogen and oxygen atoms in total. The van der Waals surface area contributed by atoms with E-state index in [2.05, 4.69) is 57.6 Å². The van der Waals surface area contributed by atoms with E-state index in [-0.39, 0.29) is 6.04 Å². The van der Waals surface area contributed by atoms with Crippen molar-refractivity contribution >= 4 is 23.2 Å². The summed E-state index contributed by atoms with van der Waals surface area (Å²) in [5.41, 5.74) is 6.56. The van der Waals surface area contributed by atoms with Gasteiger partial charge in [-0.2, -0.15) is 0 Å². The van der Waals surface area contributed by atoms with E-state index in [0.717, 1.165) is 50.3 Å². The van der Waals surface area contributed by atoms with E-state index in [1.54, 1.807) is 0 Å². The number of nitrogens with one attached hydrogen (secondary N) is 2. The molecule has 1 fully saturated rings. The second kappa shape index (κ2) is 9.93. The van der Waals surface area contributed by atoms with E-state index < -0.39 is 11.8 Å². The lowest BCUT2D eigenvalue weighted by Crippen LogP contribution is -2.49. The molecule has 2 aromatic carbocycles. The highest BCUT2D eigenvalue weighted by Crippen LogP contribution is 2.31. The zero-order valence-electron chi connectivity index (χ0n) is 20.1. The summed E-state index contributed by atoms with van der Waals surface area (Å²) in [6, 6.07) is 12.4. The summed E-state index contributed by atoms with van der Waals surface area (Å²) in [5.74, 6) is -1.23. The summed E-state index contributed by atoms with van der Waals surface area (Å²) in [5, 5.41) is 5.65. The van der Waals surface area contributed by atoms with Crippen LogP contribution in [0, 0.1) is 13.8 Å². The van der Waals surface area contributed by atoms with Crippen molar-refractivity contribution in [1.82, 2.24) is 15.1 Å². The van der Waals surface area contributed by atoms with Gasteiger partial charge in [-0.05, 0) is 56.1 Å². The number of benzene rings is 2. The van der Waals surface area contributed by atoms with Gasteiger partial charge in [0.1, 0.15) is 0 Å². The number of aryl methyl sites for hydroxylation is 2. The maximum absolute atomic E-state index is 12.7. The summed E-state index contributed by atoms with van der Waals surface area (Å²) in [6.45, 7) is 9.21. The second-order valence-electron chi connectivity index (χ2n) is 9.40. The molecule has 1 atom stereocenters. The normalized spacial score (nSPS) is 17.5. The highest BCUT2D eigenvalue weighted by Gasteiger charge is 2.27. The van der Waals surface area contributed by atoms with Gasteiger partial charge in [0.05, 0.1) is 6.04 Å². The van der Waals surface area contributed by atoms with Crippen molar-refractivity contribution in [3.8, 4) is 0 Å². The fourth-order valence-electron chi connectivity index (χ4n) is 4.79. The third-order valence-electron chi connectivity index (χ3n) is 6.89. The number of piperazine rings is 1. The van der Waals surface area contributed by atoms with E-state index in [1.807, 2.05) is 32.0 Å². The quantitative estimate of drug-likeness (QED) is 0.686. The minimum atomic E-state index is -0.630. The van der Waals surface area contributed by atoms with Gasteiger partial charge in [-0.15, -0.1) is 0 Å². The monoisotopic (exact) mass is 449 g/mol. The molecule has 2 aliphatic heterocycles. The number of anilines is 2. The molecule has 0 aromatic heterocycles. The van der Waals surface area contributed by atoms with E-state index in [0.29, 0.717) is 12.2 Å². The van der Waals surface area contributed by atoms with Crippen molar-refractivity contribution in [2.24, 2.45) is 0 Å². The molecule has 1 unspecified atom stereocenters. The first-order valence-electron chi connectivity index (χ1n) is 11.7. The van der Waals surface area contributed by atoms with Crippen molar-refractivity contribution in [2.75, 3.05) is 63.6 Å². The van der Waals surface area contributed by atoms with Crippen LogP contribution in [0.25, 0.3) is 0 Å².